The van der Waals surface area contributed by atoms with Gasteiger partial charge in [-0.25, -0.2) is 0 Å². The Morgan fingerprint density at radius 1 is 0.521 bits per heavy atom. The fourth-order valence-electron chi connectivity index (χ4n) is 5.68. The van der Waals surface area contributed by atoms with Crippen LogP contribution in [0.3, 0.4) is 0 Å². The molecule has 0 amide bonds. The van der Waals surface area contributed by atoms with Crippen LogP contribution in [0.25, 0.3) is 4.75 Å². The SMILES string of the molecule is C1CCOC1.C1CCOC1.C[Si](C)(C)N=P(C=P([N-][Si](C)(C)C)(c1ccccc1)c1ccccc1)(c1ccccc1)c1ccccc1.[Na+]. The molecule has 0 saturated carbocycles. The topological polar surface area (TPSA) is 44.9 Å². The van der Waals surface area contributed by atoms with Crippen molar-refractivity contribution in [3.63, 3.8) is 0 Å². The molecule has 4 aromatic rings. The summed E-state index contributed by atoms with van der Waals surface area (Å²) in [4.78, 5) is 0. The van der Waals surface area contributed by atoms with Crippen LogP contribution in [0.4, 0.5) is 0 Å². The van der Waals surface area contributed by atoms with E-state index in [1.165, 1.54) is 46.9 Å². The summed E-state index contributed by atoms with van der Waals surface area (Å²) in [5.41, 5.74) is 2.69. The Hall–Kier alpha value is -1.28. The van der Waals surface area contributed by atoms with E-state index in [-0.39, 0.29) is 29.6 Å². The summed E-state index contributed by atoms with van der Waals surface area (Å²) < 4.78 is 21.7. The Labute approximate surface area is 316 Å². The number of ether oxygens (including phenoxy) is 2. The van der Waals surface area contributed by atoms with Crippen molar-refractivity contribution in [1.82, 2.24) is 0 Å². The number of benzene rings is 4. The molecular formula is C39H55N2NaO2P2Si2. The third kappa shape index (κ3) is 12.5. The average molecular weight is 725 g/mol. The van der Waals surface area contributed by atoms with Crippen LogP contribution in [0, 0.1) is 0 Å². The molecule has 2 aliphatic rings. The van der Waals surface area contributed by atoms with E-state index in [2.05, 4.69) is 166 Å². The minimum absolute atomic E-state index is 0. The first-order valence-corrected chi connectivity index (χ1v) is 27.6. The van der Waals surface area contributed by atoms with Crippen molar-refractivity contribution < 1.29 is 39.0 Å². The maximum Gasteiger partial charge on any atom is 1.00 e. The van der Waals surface area contributed by atoms with Crippen molar-refractivity contribution >= 4 is 57.3 Å². The van der Waals surface area contributed by atoms with Crippen LogP contribution in [0.15, 0.2) is 126 Å². The van der Waals surface area contributed by atoms with Crippen LogP contribution in [-0.4, -0.2) is 48.4 Å². The van der Waals surface area contributed by atoms with Crippen molar-refractivity contribution in [2.24, 2.45) is 4.41 Å². The van der Waals surface area contributed by atoms with Gasteiger partial charge in [0, 0.05) is 33.5 Å². The third-order valence-corrected chi connectivity index (χ3v) is 21.8. The standard InChI is InChI=1S/C31H39N2P2Si2.2C4H8O.Na/c1-36(2,3)32-34(28-19-11-7-12-20-28,29-21-13-8-14-22-29)27-35(33-37(4,5)6,30-23-15-9-16-24-30)31-25-17-10-18-26-31;2*1-2-4-5-3-1;/h7-27H,1-6H3;2*1-4H2;/q-1;;;+1. The quantitative estimate of drug-likeness (QED) is 0.148. The Kier molecular flexibility index (Phi) is 17.1. The van der Waals surface area contributed by atoms with Crippen molar-refractivity contribution in [1.29, 1.82) is 0 Å². The van der Waals surface area contributed by atoms with E-state index >= 15 is 0 Å². The van der Waals surface area contributed by atoms with Gasteiger partial charge in [0.1, 0.15) is 0 Å². The molecule has 0 aliphatic carbocycles. The van der Waals surface area contributed by atoms with Gasteiger partial charge in [-0.1, -0.05) is 174 Å². The number of hydrogen-bond donors (Lipinski definition) is 0. The maximum absolute atomic E-state index is 5.92. The summed E-state index contributed by atoms with van der Waals surface area (Å²) in [6.07, 6.45) is 5.11. The molecule has 0 aromatic heterocycles. The van der Waals surface area contributed by atoms with Gasteiger partial charge < -0.3 is 18.6 Å². The van der Waals surface area contributed by atoms with Crippen molar-refractivity contribution in [2.45, 2.75) is 65.0 Å². The smallest absolute Gasteiger partial charge is 0.631 e. The molecule has 252 valence electrons. The maximum atomic E-state index is 5.92. The first-order valence-electron chi connectivity index (χ1n) is 17.1. The van der Waals surface area contributed by atoms with Gasteiger partial charge in [-0.3, -0.25) is 0 Å². The van der Waals surface area contributed by atoms with Gasteiger partial charge in [0.25, 0.3) is 0 Å². The van der Waals surface area contributed by atoms with E-state index in [9.17, 15) is 0 Å². The van der Waals surface area contributed by atoms with E-state index in [0.29, 0.717) is 0 Å². The molecule has 48 heavy (non-hydrogen) atoms. The second-order valence-electron chi connectivity index (χ2n) is 14.0. The molecule has 2 aliphatic heterocycles. The summed E-state index contributed by atoms with van der Waals surface area (Å²) >= 11 is 0. The molecule has 0 bridgehead atoms. The first kappa shape index (κ1) is 41.1. The summed E-state index contributed by atoms with van der Waals surface area (Å²) in [6, 6.07) is 44.1. The zero-order chi connectivity index (χ0) is 33.6. The number of rotatable bonds is 8. The number of hydrogen-bond acceptors (Lipinski definition) is 3. The third-order valence-electron chi connectivity index (χ3n) is 7.50. The van der Waals surface area contributed by atoms with Gasteiger partial charge in [0.2, 0.25) is 0 Å². The van der Waals surface area contributed by atoms with E-state index in [1.807, 2.05) is 0 Å². The molecule has 4 aromatic carbocycles. The fourth-order valence-corrected chi connectivity index (χ4v) is 23.6. The zero-order valence-electron chi connectivity index (χ0n) is 30.4. The van der Waals surface area contributed by atoms with Crippen LogP contribution in [0.2, 0.25) is 39.3 Å². The molecule has 0 unspecified atom stereocenters. The molecule has 2 fully saturated rings. The summed E-state index contributed by atoms with van der Waals surface area (Å²) in [5, 5.41) is 5.24. The minimum Gasteiger partial charge on any atom is -0.631 e. The first-order chi connectivity index (χ1) is 22.5. The van der Waals surface area contributed by atoms with Gasteiger partial charge in [-0.15, -0.1) is 7.04 Å². The predicted molar refractivity (Wildman–Crippen MR) is 217 cm³/mol. The van der Waals surface area contributed by atoms with Gasteiger partial charge >= 0.3 is 29.6 Å². The Morgan fingerprint density at radius 3 is 1.08 bits per heavy atom. The largest absolute Gasteiger partial charge is 1.00 e. The summed E-state index contributed by atoms with van der Waals surface area (Å²) in [5.74, 6) is 0. The molecule has 4 nitrogen and oxygen atoms in total. The van der Waals surface area contributed by atoms with Gasteiger partial charge in [-0.05, 0) is 46.9 Å². The van der Waals surface area contributed by atoms with Crippen molar-refractivity contribution in [2.75, 3.05) is 26.4 Å². The number of nitrogens with zero attached hydrogens (tertiary/aromatic N) is 2. The molecule has 0 N–H and O–H groups in total. The Bertz CT molecular complexity index is 1480. The molecule has 2 heterocycles. The van der Waals surface area contributed by atoms with Crippen LogP contribution in [-0.2, 0) is 9.47 Å². The van der Waals surface area contributed by atoms with Crippen LogP contribution in [0.1, 0.15) is 25.7 Å². The van der Waals surface area contributed by atoms with Gasteiger partial charge in [0.05, 0.1) is 0 Å². The second-order valence-corrected chi connectivity index (χ2v) is 30.0. The Morgan fingerprint density at radius 2 is 0.833 bits per heavy atom. The fraction of sp³-hybridized carbons (Fsp3) is 0.359. The minimum atomic E-state index is -2.32. The Balaban J connectivity index is 0.000000484. The van der Waals surface area contributed by atoms with Crippen molar-refractivity contribution in [3.8, 4) is 0 Å². The molecular weight excluding hydrogens is 670 g/mol. The average Bonchev–Trinajstić information content (AvgIpc) is 3.85. The molecule has 0 atom stereocenters. The van der Waals surface area contributed by atoms with Crippen LogP contribution in [0.5, 0.6) is 0 Å². The van der Waals surface area contributed by atoms with Crippen LogP contribution >= 0.6 is 14.1 Å². The van der Waals surface area contributed by atoms with E-state index in [0.717, 1.165) is 26.4 Å². The van der Waals surface area contributed by atoms with Crippen LogP contribution < -0.4 is 50.8 Å². The predicted octanol–water partition coefficient (Wildman–Crippen LogP) is 6.82. The monoisotopic (exact) mass is 724 g/mol. The molecule has 2 saturated heterocycles. The zero-order valence-corrected chi connectivity index (χ0v) is 36.2. The van der Waals surface area contributed by atoms with Crippen molar-refractivity contribution in [3.05, 3.63) is 126 Å². The van der Waals surface area contributed by atoms with Gasteiger partial charge in [-0.2, -0.15) is 0 Å². The molecule has 0 spiro atoms. The molecule has 9 heteroatoms. The second kappa shape index (κ2) is 19.9. The van der Waals surface area contributed by atoms with E-state index in [4.69, 9.17) is 18.6 Å². The molecule has 0 radical (unpaired) electrons. The van der Waals surface area contributed by atoms with Gasteiger partial charge in [0.15, 0.2) is 8.24 Å². The normalized spacial score (nSPS) is 14.8. The van der Waals surface area contributed by atoms with E-state index < -0.39 is 30.6 Å². The summed E-state index contributed by atoms with van der Waals surface area (Å²) in [7, 11) is -8.42. The van der Waals surface area contributed by atoms with E-state index in [1.54, 1.807) is 0 Å². The summed E-state index contributed by atoms with van der Waals surface area (Å²) in [6.45, 7) is 18.2. The molecule has 6 rings (SSSR count).